The maximum Gasteiger partial charge on any atom is 0.310 e. The molecule has 1 fully saturated rings. The number of aromatic nitrogens is 1. The number of nitrogens with one attached hydrogen (secondary N) is 1. The second-order valence-electron chi connectivity index (χ2n) is 7.92. The van der Waals surface area contributed by atoms with Crippen molar-refractivity contribution < 1.29 is 14.3 Å². The number of thiazole rings is 1. The molecule has 6 heteroatoms. The van der Waals surface area contributed by atoms with Gasteiger partial charge in [-0.05, 0) is 45.7 Å². The number of amides is 1. The quantitative estimate of drug-likeness (QED) is 0.821. The fourth-order valence-corrected chi connectivity index (χ4v) is 4.62. The first-order valence-corrected chi connectivity index (χ1v) is 9.98. The second kappa shape index (κ2) is 7.74. The molecule has 3 rings (SSSR count). The van der Waals surface area contributed by atoms with E-state index in [1.54, 1.807) is 11.3 Å². The van der Waals surface area contributed by atoms with Crippen LogP contribution in [0, 0.1) is 5.92 Å². The van der Waals surface area contributed by atoms with E-state index in [0.29, 0.717) is 0 Å². The highest BCUT2D eigenvalue weighted by Gasteiger charge is 2.35. The number of benzene rings is 1. The number of nitrogens with zero attached hydrogens (tertiary/aromatic N) is 1. The number of para-hydroxylation sites is 1. The normalized spacial score (nSPS) is 20.7. The molecular weight excluding hydrogens is 348 g/mol. The van der Waals surface area contributed by atoms with Crippen molar-refractivity contribution in [1.29, 1.82) is 0 Å². The minimum atomic E-state index is -0.335. The van der Waals surface area contributed by atoms with Crippen LogP contribution in [-0.2, 0) is 14.3 Å². The Morgan fingerprint density at radius 3 is 2.69 bits per heavy atom. The molecule has 0 aliphatic heterocycles. The fraction of sp³-hybridized carbons (Fsp3) is 0.550. The molecular formula is C20H26N2O3S. The number of carbonyl (C=O) groups is 2. The highest BCUT2D eigenvalue weighted by atomic mass is 32.1. The van der Waals surface area contributed by atoms with E-state index < -0.39 is 0 Å². The zero-order valence-corrected chi connectivity index (χ0v) is 16.4. The molecule has 26 heavy (non-hydrogen) atoms. The monoisotopic (exact) mass is 374 g/mol. The van der Waals surface area contributed by atoms with Gasteiger partial charge < -0.3 is 10.1 Å². The van der Waals surface area contributed by atoms with Gasteiger partial charge in [-0.2, -0.15) is 0 Å². The summed E-state index contributed by atoms with van der Waals surface area (Å²) in [4.78, 5) is 29.3. The molecule has 5 nitrogen and oxygen atoms in total. The van der Waals surface area contributed by atoms with Gasteiger partial charge in [0, 0.05) is 11.5 Å². The van der Waals surface area contributed by atoms with Crippen molar-refractivity contribution in [3.63, 3.8) is 0 Å². The van der Waals surface area contributed by atoms with Crippen LogP contribution in [0.5, 0.6) is 0 Å². The highest BCUT2D eigenvalue weighted by molar-refractivity contribution is 7.18. The summed E-state index contributed by atoms with van der Waals surface area (Å²) in [5.74, 6) is -0.678. The first-order chi connectivity index (χ1) is 12.3. The molecule has 1 amide bonds. The summed E-state index contributed by atoms with van der Waals surface area (Å²) < 4.78 is 6.48. The molecule has 0 saturated heterocycles. The smallest absolute Gasteiger partial charge is 0.310 e. The molecule has 140 valence electrons. The van der Waals surface area contributed by atoms with E-state index in [4.69, 9.17) is 9.72 Å². The summed E-state index contributed by atoms with van der Waals surface area (Å²) in [7, 11) is 0. The van der Waals surface area contributed by atoms with Gasteiger partial charge in [0.15, 0.2) is 6.61 Å². The van der Waals surface area contributed by atoms with Gasteiger partial charge in [0.1, 0.15) is 0 Å². The van der Waals surface area contributed by atoms with Crippen LogP contribution in [0.25, 0.3) is 10.2 Å². The Labute approximate surface area is 158 Å². The van der Waals surface area contributed by atoms with Gasteiger partial charge in [0.25, 0.3) is 5.91 Å². The number of ether oxygens (including phenoxy) is 1. The van der Waals surface area contributed by atoms with Gasteiger partial charge in [0.05, 0.1) is 21.1 Å². The number of carbonyl (C=O) groups excluding carboxylic acids is 2. The molecule has 2 atom stereocenters. The van der Waals surface area contributed by atoms with Crippen LogP contribution in [0.15, 0.2) is 24.3 Å². The molecule has 1 N–H and O–H groups in total. The lowest BCUT2D eigenvalue weighted by Crippen LogP contribution is -2.43. The van der Waals surface area contributed by atoms with E-state index in [1.807, 2.05) is 39.0 Å². The third-order valence-electron chi connectivity index (χ3n) is 4.56. The van der Waals surface area contributed by atoms with E-state index in [1.165, 1.54) is 0 Å². The largest absolute Gasteiger partial charge is 0.455 e. The molecule has 1 aliphatic rings. The molecule has 1 heterocycles. The van der Waals surface area contributed by atoms with Crippen LogP contribution in [0.4, 0.5) is 0 Å². The van der Waals surface area contributed by atoms with Crippen LogP contribution in [0.3, 0.4) is 0 Å². The SMILES string of the molecule is CC(C)(C)NC(=O)COC(=O)[C@H]1CCCC[C@@H]1c1nc2ccccc2s1. The summed E-state index contributed by atoms with van der Waals surface area (Å²) in [6, 6.07) is 8.04. The predicted octanol–water partition coefficient (Wildman–Crippen LogP) is 4.03. The van der Waals surface area contributed by atoms with Gasteiger partial charge >= 0.3 is 5.97 Å². The second-order valence-corrected chi connectivity index (χ2v) is 8.99. The summed E-state index contributed by atoms with van der Waals surface area (Å²) in [6.07, 6.45) is 3.83. The third kappa shape index (κ3) is 4.61. The van der Waals surface area contributed by atoms with Gasteiger partial charge in [-0.15, -0.1) is 11.3 Å². The van der Waals surface area contributed by atoms with Crippen LogP contribution in [-0.4, -0.2) is 29.0 Å². The molecule has 0 bridgehead atoms. The van der Waals surface area contributed by atoms with Crippen molar-refractivity contribution >= 4 is 33.4 Å². The maximum absolute atomic E-state index is 12.6. The number of hydrogen-bond donors (Lipinski definition) is 1. The minimum Gasteiger partial charge on any atom is -0.455 e. The first kappa shape index (κ1) is 18.8. The van der Waals surface area contributed by atoms with Crippen molar-refractivity contribution in [2.75, 3.05) is 6.61 Å². The summed E-state index contributed by atoms with van der Waals surface area (Å²) in [6.45, 7) is 5.48. The number of fused-ring (bicyclic) bond motifs is 1. The van der Waals surface area contributed by atoms with E-state index in [0.717, 1.165) is 40.9 Å². The highest BCUT2D eigenvalue weighted by Crippen LogP contribution is 2.41. The molecule has 1 aromatic carbocycles. The van der Waals surface area contributed by atoms with E-state index in [2.05, 4.69) is 11.4 Å². The van der Waals surface area contributed by atoms with Crippen molar-refractivity contribution in [2.45, 2.75) is 57.9 Å². The van der Waals surface area contributed by atoms with Crippen molar-refractivity contribution in [2.24, 2.45) is 5.92 Å². The summed E-state index contributed by atoms with van der Waals surface area (Å²) in [5, 5.41) is 3.82. The van der Waals surface area contributed by atoms with Gasteiger partial charge in [-0.1, -0.05) is 25.0 Å². The summed E-state index contributed by atoms with van der Waals surface area (Å²) in [5.41, 5.74) is 0.646. The molecule has 0 spiro atoms. The number of hydrogen-bond acceptors (Lipinski definition) is 5. The van der Waals surface area contributed by atoms with E-state index in [9.17, 15) is 9.59 Å². The number of rotatable bonds is 4. The predicted molar refractivity (Wildman–Crippen MR) is 103 cm³/mol. The average molecular weight is 375 g/mol. The first-order valence-electron chi connectivity index (χ1n) is 9.16. The van der Waals surface area contributed by atoms with Crippen molar-refractivity contribution in [3.8, 4) is 0 Å². The molecule has 1 aromatic heterocycles. The van der Waals surface area contributed by atoms with Crippen LogP contribution in [0.2, 0.25) is 0 Å². The Kier molecular flexibility index (Phi) is 5.61. The van der Waals surface area contributed by atoms with Crippen molar-refractivity contribution in [3.05, 3.63) is 29.3 Å². The molecule has 0 radical (unpaired) electrons. The Bertz CT molecular complexity index is 761. The fourth-order valence-electron chi connectivity index (χ4n) is 3.46. The van der Waals surface area contributed by atoms with Crippen LogP contribution >= 0.6 is 11.3 Å². The topological polar surface area (TPSA) is 68.3 Å². The molecule has 1 aliphatic carbocycles. The van der Waals surface area contributed by atoms with Gasteiger partial charge in [-0.3, -0.25) is 9.59 Å². The van der Waals surface area contributed by atoms with E-state index >= 15 is 0 Å². The molecule has 1 saturated carbocycles. The van der Waals surface area contributed by atoms with Crippen LogP contribution < -0.4 is 5.32 Å². The maximum atomic E-state index is 12.6. The molecule has 2 aromatic rings. The van der Waals surface area contributed by atoms with Gasteiger partial charge in [-0.25, -0.2) is 4.98 Å². The Hall–Kier alpha value is -1.95. The van der Waals surface area contributed by atoms with Gasteiger partial charge in [0.2, 0.25) is 0 Å². The lowest BCUT2D eigenvalue weighted by atomic mass is 9.79. The van der Waals surface area contributed by atoms with Crippen LogP contribution in [0.1, 0.15) is 57.4 Å². The lowest BCUT2D eigenvalue weighted by Gasteiger charge is -2.28. The summed E-state index contributed by atoms with van der Waals surface area (Å²) >= 11 is 1.66. The Morgan fingerprint density at radius 1 is 1.23 bits per heavy atom. The zero-order valence-electron chi connectivity index (χ0n) is 15.6. The van der Waals surface area contributed by atoms with E-state index in [-0.39, 0.29) is 35.9 Å². The third-order valence-corrected chi connectivity index (χ3v) is 5.72. The standard InChI is InChI=1S/C20H26N2O3S/c1-20(2,3)22-17(23)12-25-19(24)14-9-5-4-8-13(14)18-21-15-10-6-7-11-16(15)26-18/h6-7,10-11,13-14H,4-5,8-9,12H2,1-3H3,(H,22,23)/t13-,14-/m0/s1. The zero-order chi connectivity index (χ0) is 18.7. The van der Waals surface area contributed by atoms with Crippen molar-refractivity contribution in [1.82, 2.24) is 10.3 Å². The molecule has 0 unspecified atom stereocenters. The minimum absolute atomic E-state index is 0.0827. The Balaban J connectivity index is 1.68. The Morgan fingerprint density at radius 2 is 1.96 bits per heavy atom. The number of esters is 1. The average Bonchev–Trinajstić information content (AvgIpc) is 3.02. The lowest BCUT2D eigenvalue weighted by molar-refractivity contribution is -0.154.